The van der Waals surface area contributed by atoms with Gasteiger partial charge in [0.25, 0.3) is 0 Å². The van der Waals surface area contributed by atoms with Crippen molar-refractivity contribution in [1.82, 2.24) is 4.90 Å². The average molecular weight is 334 g/mol. The van der Waals surface area contributed by atoms with Gasteiger partial charge in [0.05, 0.1) is 18.1 Å². The van der Waals surface area contributed by atoms with E-state index in [2.05, 4.69) is 11.1 Å². The van der Waals surface area contributed by atoms with Crippen molar-refractivity contribution in [3.63, 3.8) is 0 Å². The van der Waals surface area contributed by atoms with Crippen LogP contribution in [0, 0.1) is 11.3 Å². The number of hydrogen-bond donors (Lipinski definition) is 1. The van der Waals surface area contributed by atoms with Crippen molar-refractivity contribution in [2.75, 3.05) is 7.05 Å². The summed E-state index contributed by atoms with van der Waals surface area (Å²) in [6.45, 7) is 1.90. The van der Waals surface area contributed by atoms with E-state index in [9.17, 15) is 4.79 Å². The summed E-state index contributed by atoms with van der Waals surface area (Å²) >= 11 is 1.52. The number of hydrogen-bond acceptors (Lipinski definition) is 5. The van der Waals surface area contributed by atoms with Crippen LogP contribution >= 0.6 is 11.3 Å². The molecule has 2 aromatic rings. The number of carbonyl (C=O) groups is 1. The van der Waals surface area contributed by atoms with Gasteiger partial charge in [-0.05, 0) is 35.6 Å². The van der Waals surface area contributed by atoms with Gasteiger partial charge in [-0.2, -0.15) is 5.26 Å². The molecule has 0 aliphatic carbocycles. The van der Waals surface area contributed by atoms with Gasteiger partial charge in [-0.25, -0.2) is 4.99 Å². The third-order valence-electron chi connectivity index (χ3n) is 4.12. The highest BCUT2D eigenvalue weighted by atomic mass is 32.1. The highest BCUT2D eigenvalue weighted by molar-refractivity contribution is 7.10. The third kappa shape index (κ3) is 2.81. The number of amides is 1. The van der Waals surface area contributed by atoms with Gasteiger partial charge in [0.1, 0.15) is 13.4 Å². The zero-order valence-corrected chi connectivity index (χ0v) is 14.2. The fourth-order valence-electron chi connectivity index (χ4n) is 2.70. The first-order valence-electron chi connectivity index (χ1n) is 7.34. The number of nitrogens with two attached hydrogens (primary N) is 1. The molecule has 0 bridgehead atoms. The molecule has 0 fully saturated rings. The molecule has 2 radical (unpaired) electrons. The average Bonchev–Trinajstić information content (AvgIpc) is 3.03. The molecule has 7 heteroatoms. The van der Waals surface area contributed by atoms with Gasteiger partial charge >= 0.3 is 0 Å². The maximum absolute atomic E-state index is 12.1. The lowest BCUT2D eigenvalue weighted by Gasteiger charge is -2.32. The molecule has 1 aromatic heterocycles. The van der Waals surface area contributed by atoms with Crippen LogP contribution in [0.15, 0.2) is 34.6 Å². The van der Waals surface area contributed by atoms with E-state index in [1.807, 2.05) is 24.4 Å². The minimum absolute atomic E-state index is 0.0596. The van der Waals surface area contributed by atoms with Crippen LogP contribution in [0.2, 0.25) is 0 Å². The van der Waals surface area contributed by atoms with Crippen LogP contribution in [0.1, 0.15) is 23.8 Å². The van der Waals surface area contributed by atoms with Crippen LogP contribution < -0.4 is 11.2 Å². The Balaban J connectivity index is 2.01. The lowest BCUT2D eigenvalue weighted by Crippen LogP contribution is -2.47. The molecule has 5 nitrogen and oxygen atoms in total. The second-order valence-electron chi connectivity index (χ2n) is 6.03. The molecule has 118 valence electrons. The molecular weight excluding hydrogens is 319 g/mol. The van der Waals surface area contributed by atoms with Gasteiger partial charge in [-0.15, -0.1) is 11.3 Å². The highest BCUT2D eigenvalue weighted by Crippen LogP contribution is 2.39. The molecule has 3 rings (SSSR count). The molecule has 0 spiro atoms. The lowest BCUT2D eigenvalue weighted by molar-refractivity contribution is -0.128. The van der Waals surface area contributed by atoms with E-state index in [4.69, 9.17) is 18.8 Å². The number of nitrogens with zero attached hydrogens (tertiary/aromatic N) is 3. The van der Waals surface area contributed by atoms with E-state index in [0.717, 1.165) is 16.0 Å². The summed E-state index contributed by atoms with van der Waals surface area (Å²) in [5.41, 5.74) is 8.06. The molecule has 0 saturated carbocycles. The van der Waals surface area contributed by atoms with Crippen LogP contribution in [0.25, 0.3) is 11.1 Å². The fourth-order valence-corrected chi connectivity index (χ4v) is 3.73. The molecule has 0 unspecified atom stereocenters. The van der Waals surface area contributed by atoms with E-state index in [1.54, 1.807) is 19.2 Å². The number of carbonyl (C=O) groups excluding carboxylic acids is 1. The van der Waals surface area contributed by atoms with Crippen molar-refractivity contribution in [2.45, 2.75) is 18.9 Å². The minimum Gasteiger partial charge on any atom is -0.369 e. The van der Waals surface area contributed by atoms with Gasteiger partial charge in [0.15, 0.2) is 5.96 Å². The predicted octanol–water partition coefficient (Wildman–Crippen LogP) is 1.47. The van der Waals surface area contributed by atoms with E-state index in [-0.39, 0.29) is 18.3 Å². The number of nitriles is 1. The van der Waals surface area contributed by atoms with Crippen LogP contribution in [-0.4, -0.2) is 31.7 Å². The quantitative estimate of drug-likeness (QED) is 0.845. The van der Waals surface area contributed by atoms with Crippen LogP contribution in [-0.2, 0) is 10.3 Å². The molecule has 2 heterocycles. The maximum Gasteiger partial charge on any atom is 0.231 e. The molecule has 1 amide bonds. The molecule has 0 saturated heterocycles. The SMILES string of the molecule is [B]c1cc(C#N)cc(-c2csc([C@]3(C)CC(=O)N(C)C(N)=N3)c2)c1. The zero-order valence-electron chi connectivity index (χ0n) is 13.4. The second kappa shape index (κ2) is 5.80. The van der Waals surface area contributed by atoms with Crippen molar-refractivity contribution in [3.05, 3.63) is 40.1 Å². The molecule has 1 aliphatic rings. The standard InChI is InChI=1S/C17H15BN4OS/c1-17(7-15(23)22(2)16(20)21-17)14-6-12(9-24-14)11-3-10(8-19)4-13(18)5-11/h3-6,9H,7H2,1-2H3,(H2,20,21)/t17-/m0/s1. The maximum atomic E-state index is 12.1. The van der Waals surface area contributed by atoms with Crippen LogP contribution in [0.3, 0.4) is 0 Å². The Hall–Kier alpha value is -2.59. The summed E-state index contributed by atoms with van der Waals surface area (Å²) in [6, 6.07) is 9.35. The summed E-state index contributed by atoms with van der Waals surface area (Å²) in [4.78, 5) is 18.9. The summed E-state index contributed by atoms with van der Waals surface area (Å²) < 4.78 is 0. The van der Waals surface area contributed by atoms with Gasteiger partial charge in [0, 0.05) is 11.9 Å². The summed E-state index contributed by atoms with van der Waals surface area (Å²) in [7, 11) is 7.49. The normalized spacial score (nSPS) is 20.6. The van der Waals surface area contributed by atoms with Crippen molar-refractivity contribution in [3.8, 4) is 17.2 Å². The third-order valence-corrected chi connectivity index (χ3v) is 5.31. The first kappa shape index (κ1) is 16.3. The second-order valence-corrected chi connectivity index (χ2v) is 6.94. The van der Waals surface area contributed by atoms with Gasteiger partial charge in [-0.1, -0.05) is 17.6 Å². The molecular formula is C17H15BN4OS. The lowest BCUT2D eigenvalue weighted by atomic mass is 9.89. The molecule has 1 aromatic carbocycles. The van der Waals surface area contributed by atoms with E-state index in [1.165, 1.54) is 16.2 Å². The molecule has 24 heavy (non-hydrogen) atoms. The monoisotopic (exact) mass is 334 g/mol. The van der Waals surface area contributed by atoms with Crippen molar-refractivity contribution < 1.29 is 4.79 Å². The van der Waals surface area contributed by atoms with Crippen molar-refractivity contribution in [1.29, 1.82) is 5.26 Å². The number of rotatable bonds is 2. The Labute approximate surface area is 145 Å². The molecule has 2 N–H and O–H groups in total. The Morgan fingerprint density at radius 1 is 1.38 bits per heavy atom. The van der Waals surface area contributed by atoms with E-state index >= 15 is 0 Å². The Kier molecular flexibility index (Phi) is 3.94. The predicted molar refractivity (Wildman–Crippen MR) is 96.2 cm³/mol. The first-order chi connectivity index (χ1) is 11.3. The van der Waals surface area contributed by atoms with Gasteiger partial charge < -0.3 is 5.73 Å². The van der Waals surface area contributed by atoms with Crippen LogP contribution in [0.4, 0.5) is 0 Å². The van der Waals surface area contributed by atoms with Crippen LogP contribution in [0.5, 0.6) is 0 Å². The zero-order chi connectivity index (χ0) is 17.5. The number of benzene rings is 1. The van der Waals surface area contributed by atoms with Gasteiger partial charge in [0.2, 0.25) is 5.91 Å². The number of thiophene rings is 1. The largest absolute Gasteiger partial charge is 0.369 e. The smallest absolute Gasteiger partial charge is 0.231 e. The summed E-state index contributed by atoms with van der Waals surface area (Å²) in [5, 5.41) is 11.1. The Bertz CT molecular complexity index is 898. The topological polar surface area (TPSA) is 82.5 Å². The Morgan fingerprint density at radius 3 is 2.79 bits per heavy atom. The first-order valence-corrected chi connectivity index (χ1v) is 8.22. The minimum atomic E-state index is -0.672. The highest BCUT2D eigenvalue weighted by Gasteiger charge is 2.37. The van der Waals surface area contributed by atoms with Crippen molar-refractivity contribution in [2.24, 2.45) is 10.7 Å². The molecule has 1 aliphatic heterocycles. The summed E-state index contributed by atoms with van der Waals surface area (Å²) in [5.74, 6) is 0.162. The van der Waals surface area contributed by atoms with E-state index in [0.29, 0.717) is 11.0 Å². The van der Waals surface area contributed by atoms with Crippen molar-refractivity contribution >= 4 is 36.5 Å². The van der Waals surface area contributed by atoms with Gasteiger partial charge in [-0.3, -0.25) is 9.69 Å². The summed E-state index contributed by atoms with van der Waals surface area (Å²) in [6.07, 6.45) is 0.268. The number of guanidine groups is 1. The molecule has 1 atom stereocenters. The number of aliphatic imine (C=N–C) groups is 1. The fraction of sp³-hybridized carbons (Fsp3) is 0.235. The Morgan fingerprint density at radius 2 is 2.12 bits per heavy atom. The van der Waals surface area contributed by atoms with E-state index < -0.39 is 5.54 Å².